The van der Waals surface area contributed by atoms with Crippen LogP contribution in [0.2, 0.25) is 0 Å². The van der Waals surface area contributed by atoms with Gasteiger partial charge in [-0.15, -0.1) is 11.8 Å². The molecule has 0 bridgehead atoms. The van der Waals surface area contributed by atoms with Gasteiger partial charge < -0.3 is 9.64 Å². The molecule has 0 unspecified atom stereocenters. The Morgan fingerprint density at radius 3 is 2.53 bits per heavy atom. The van der Waals surface area contributed by atoms with Crippen molar-refractivity contribution in [1.29, 1.82) is 0 Å². The zero-order valence-corrected chi connectivity index (χ0v) is 11.9. The van der Waals surface area contributed by atoms with Gasteiger partial charge in [-0.3, -0.25) is 4.79 Å². The molecule has 2 atom stereocenters. The summed E-state index contributed by atoms with van der Waals surface area (Å²) in [5.74, 6) is -0.410. The second-order valence-electron chi connectivity index (χ2n) is 4.43. The molecule has 4 nitrogen and oxygen atoms in total. The molecule has 1 aliphatic rings. The Hall–Kier alpha value is -1.49. The van der Waals surface area contributed by atoms with Gasteiger partial charge in [-0.2, -0.15) is 0 Å². The van der Waals surface area contributed by atoms with Gasteiger partial charge in [-0.05, 0) is 25.0 Å². The number of hydrogen-bond acceptors (Lipinski definition) is 4. The SMILES string of the molecule is COC(=O)[C@@H]1CC[C@H](Sc2ccccc2)N1C(C)=O. The number of amides is 1. The fraction of sp³-hybridized carbons (Fsp3) is 0.429. The maximum atomic E-state index is 11.8. The predicted molar refractivity (Wildman–Crippen MR) is 73.6 cm³/mol. The number of benzene rings is 1. The molecule has 1 fully saturated rings. The molecule has 102 valence electrons. The van der Waals surface area contributed by atoms with E-state index >= 15 is 0 Å². The lowest BCUT2D eigenvalue weighted by molar-refractivity contribution is -0.150. The molecule has 1 heterocycles. The summed E-state index contributed by atoms with van der Waals surface area (Å²) < 4.78 is 4.77. The zero-order valence-electron chi connectivity index (χ0n) is 11.0. The molecule has 5 heteroatoms. The van der Waals surface area contributed by atoms with Crippen molar-refractivity contribution < 1.29 is 14.3 Å². The fourth-order valence-electron chi connectivity index (χ4n) is 2.34. The average molecular weight is 279 g/mol. The molecule has 0 aliphatic carbocycles. The standard InChI is InChI=1S/C14H17NO3S/c1-10(16)15-12(14(17)18-2)8-9-13(15)19-11-6-4-3-5-7-11/h3-7,12-13H,8-9H2,1-2H3/t12-,13-/m0/s1. The van der Waals surface area contributed by atoms with Crippen LogP contribution in [0.3, 0.4) is 0 Å². The molecule has 0 spiro atoms. The molecular weight excluding hydrogens is 262 g/mol. The van der Waals surface area contributed by atoms with Gasteiger partial charge in [0.2, 0.25) is 5.91 Å². The highest BCUT2D eigenvalue weighted by atomic mass is 32.2. The van der Waals surface area contributed by atoms with Crippen molar-refractivity contribution in [3.8, 4) is 0 Å². The Balaban J connectivity index is 2.13. The summed E-state index contributed by atoms with van der Waals surface area (Å²) in [6.07, 6.45) is 1.47. The van der Waals surface area contributed by atoms with Crippen molar-refractivity contribution in [3.05, 3.63) is 30.3 Å². The Morgan fingerprint density at radius 1 is 1.26 bits per heavy atom. The fourth-order valence-corrected chi connectivity index (χ4v) is 3.63. The summed E-state index contributed by atoms with van der Waals surface area (Å²) in [6, 6.07) is 9.46. The lowest BCUT2D eigenvalue weighted by Crippen LogP contribution is -2.43. The van der Waals surface area contributed by atoms with Gasteiger partial charge in [0, 0.05) is 11.8 Å². The van der Waals surface area contributed by atoms with Crippen LogP contribution in [0.1, 0.15) is 19.8 Å². The number of hydrogen-bond donors (Lipinski definition) is 0. The van der Waals surface area contributed by atoms with Crippen LogP contribution >= 0.6 is 11.8 Å². The van der Waals surface area contributed by atoms with Gasteiger partial charge in [0.15, 0.2) is 0 Å². The number of methoxy groups -OCH3 is 1. The normalized spacial score (nSPS) is 22.3. The molecule has 1 aliphatic heterocycles. The minimum absolute atomic E-state index is 0.00370. The van der Waals surface area contributed by atoms with E-state index in [1.54, 1.807) is 16.7 Å². The third-order valence-corrected chi connectivity index (χ3v) is 4.46. The van der Waals surface area contributed by atoms with E-state index in [0.29, 0.717) is 6.42 Å². The van der Waals surface area contributed by atoms with Crippen molar-refractivity contribution in [1.82, 2.24) is 4.90 Å². The molecule has 0 radical (unpaired) electrons. The van der Waals surface area contributed by atoms with E-state index in [2.05, 4.69) is 0 Å². The molecule has 1 amide bonds. The quantitative estimate of drug-likeness (QED) is 0.796. The number of nitrogens with zero attached hydrogens (tertiary/aromatic N) is 1. The summed E-state index contributed by atoms with van der Waals surface area (Å²) in [4.78, 5) is 26.2. The monoisotopic (exact) mass is 279 g/mol. The molecule has 0 aromatic heterocycles. The molecule has 19 heavy (non-hydrogen) atoms. The molecule has 0 N–H and O–H groups in total. The number of ether oxygens (including phenoxy) is 1. The number of carbonyl (C=O) groups is 2. The number of esters is 1. The topological polar surface area (TPSA) is 46.6 Å². The van der Waals surface area contributed by atoms with Gasteiger partial charge in [-0.1, -0.05) is 18.2 Å². The van der Waals surface area contributed by atoms with E-state index in [9.17, 15) is 9.59 Å². The van der Waals surface area contributed by atoms with Crippen molar-refractivity contribution in [2.45, 2.75) is 36.1 Å². The minimum Gasteiger partial charge on any atom is -0.467 e. The summed E-state index contributed by atoms with van der Waals surface area (Å²) >= 11 is 1.62. The van der Waals surface area contributed by atoms with E-state index in [0.717, 1.165) is 11.3 Å². The van der Waals surface area contributed by atoms with Crippen LogP contribution in [-0.4, -0.2) is 35.3 Å². The molecular formula is C14H17NO3S. The number of rotatable bonds is 3. The van der Waals surface area contributed by atoms with E-state index in [-0.39, 0.29) is 17.3 Å². The van der Waals surface area contributed by atoms with Crippen LogP contribution in [0, 0.1) is 0 Å². The van der Waals surface area contributed by atoms with Gasteiger partial charge in [0.25, 0.3) is 0 Å². The number of thioether (sulfide) groups is 1. The lowest BCUT2D eigenvalue weighted by Gasteiger charge is -2.27. The largest absolute Gasteiger partial charge is 0.467 e. The third-order valence-electron chi connectivity index (χ3n) is 3.19. The zero-order chi connectivity index (χ0) is 13.8. The predicted octanol–water partition coefficient (Wildman–Crippen LogP) is 2.29. The van der Waals surface area contributed by atoms with Gasteiger partial charge in [0.05, 0.1) is 12.5 Å². The van der Waals surface area contributed by atoms with Crippen molar-refractivity contribution in [2.75, 3.05) is 7.11 Å². The smallest absolute Gasteiger partial charge is 0.328 e. The van der Waals surface area contributed by atoms with E-state index in [1.807, 2.05) is 30.3 Å². The first-order valence-electron chi connectivity index (χ1n) is 6.22. The summed E-state index contributed by atoms with van der Waals surface area (Å²) in [7, 11) is 1.36. The van der Waals surface area contributed by atoms with Crippen LogP contribution < -0.4 is 0 Å². The second-order valence-corrected chi connectivity index (χ2v) is 5.68. The first-order valence-corrected chi connectivity index (χ1v) is 7.10. The van der Waals surface area contributed by atoms with Crippen LogP contribution in [0.4, 0.5) is 0 Å². The van der Waals surface area contributed by atoms with Crippen LogP contribution in [0.25, 0.3) is 0 Å². The maximum absolute atomic E-state index is 11.8. The summed E-state index contributed by atoms with van der Waals surface area (Å²) in [6.45, 7) is 1.50. The Bertz CT molecular complexity index is 463. The van der Waals surface area contributed by atoms with Gasteiger partial charge in [0.1, 0.15) is 6.04 Å². The molecule has 2 rings (SSSR count). The molecule has 1 aromatic carbocycles. The van der Waals surface area contributed by atoms with E-state index in [1.165, 1.54) is 14.0 Å². The molecule has 0 saturated carbocycles. The van der Waals surface area contributed by atoms with Crippen molar-refractivity contribution >= 4 is 23.6 Å². The third kappa shape index (κ3) is 3.10. The Labute approximate surface area is 117 Å². The summed E-state index contributed by atoms with van der Waals surface area (Å²) in [5, 5.41) is 0.00370. The number of carbonyl (C=O) groups excluding carboxylic acids is 2. The Morgan fingerprint density at radius 2 is 1.95 bits per heavy atom. The number of likely N-dealkylation sites (tertiary alicyclic amines) is 1. The average Bonchev–Trinajstić information content (AvgIpc) is 2.83. The van der Waals surface area contributed by atoms with Gasteiger partial charge in [-0.25, -0.2) is 4.79 Å². The van der Waals surface area contributed by atoms with Gasteiger partial charge >= 0.3 is 5.97 Å². The minimum atomic E-state index is -0.441. The highest BCUT2D eigenvalue weighted by molar-refractivity contribution is 7.99. The van der Waals surface area contributed by atoms with Crippen molar-refractivity contribution in [3.63, 3.8) is 0 Å². The highest BCUT2D eigenvalue weighted by Crippen LogP contribution is 2.36. The molecule has 1 saturated heterocycles. The van der Waals surface area contributed by atoms with E-state index < -0.39 is 6.04 Å². The first kappa shape index (κ1) is 13.9. The van der Waals surface area contributed by atoms with Crippen LogP contribution in [0.5, 0.6) is 0 Å². The maximum Gasteiger partial charge on any atom is 0.328 e. The highest BCUT2D eigenvalue weighted by Gasteiger charge is 2.40. The molecule has 1 aromatic rings. The van der Waals surface area contributed by atoms with E-state index in [4.69, 9.17) is 4.74 Å². The second kappa shape index (κ2) is 6.10. The van der Waals surface area contributed by atoms with Crippen LogP contribution in [-0.2, 0) is 14.3 Å². The van der Waals surface area contributed by atoms with Crippen molar-refractivity contribution in [2.24, 2.45) is 0 Å². The lowest BCUT2D eigenvalue weighted by atomic mass is 10.2. The van der Waals surface area contributed by atoms with Crippen LogP contribution in [0.15, 0.2) is 35.2 Å². The summed E-state index contributed by atoms with van der Waals surface area (Å²) in [5.41, 5.74) is 0. The Kier molecular flexibility index (Phi) is 4.47. The first-order chi connectivity index (χ1) is 9.13.